The van der Waals surface area contributed by atoms with Gasteiger partial charge in [-0.1, -0.05) is 34.1 Å². The van der Waals surface area contributed by atoms with Crippen LogP contribution in [0.15, 0.2) is 114 Å². The molecule has 1 saturated heterocycles. The van der Waals surface area contributed by atoms with Gasteiger partial charge in [0.15, 0.2) is 0 Å². The fraction of sp³-hybridized carbons (Fsp3) is 0.381. The second-order valence-corrected chi connectivity index (χ2v) is 30.5. The Labute approximate surface area is 603 Å². The summed E-state index contributed by atoms with van der Waals surface area (Å²) in [7, 11) is -7.19. The molecule has 3 unspecified atom stereocenters. The van der Waals surface area contributed by atoms with Gasteiger partial charge in [0, 0.05) is 112 Å². The number of aliphatic hydroxyl groups is 1. The van der Waals surface area contributed by atoms with Crippen LogP contribution < -0.4 is 48.3 Å². The van der Waals surface area contributed by atoms with E-state index in [0.29, 0.717) is 33.8 Å². The molecule has 13 rings (SSSR count). The monoisotopic (exact) mass is 1590 g/mol. The van der Waals surface area contributed by atoms with E-state index in [-0.39, 0.29) is 131 Å². The molecular formula is C63H68BBr2F9MgN6O14S3. The summed E-state index contributed by atoms with van der Waals surface area (Å²) in [4.78, 5) is 22.7. The summed E-state index contributed by atoms with van der Waals surface area (Å²) < 4.78 is 217. The number of hydrogen-bond acceptors (Lipinski definition) is 14. The zero-order chi connectivity index (χ0) is 70.7. The normalized spacial score (nSPS) is 20.3. The number of halogens is 11. The SMILES string of the molecule is C1CCOC1.CN1c2cc(-c3cc(C(C)(C)O)ccc3F)ccc2N(CC2CC2(F)F)S1(=O)=O.CN1c2cc(Br)ccc2N(CC2CC2(F)F)S1(=O)=O.COC(=O)c1ccc(F)c(-c2ccc3c(c2)N(C)S(=O)(=O)N3CC2CC2(F)F)c1.COC(=O)c1ccc(F)c(B(O)O)c1.[Br-].[CH3-].[Mg+2]. The molecule has 0 radical (unpaired) electrons. The number of rotatable bonds is 12. The summed E-state index contributed by atoms with van der Waals surface area (Å²) in [5, 5.41) is 27.7. The van der Waals surface area contributed by atoms with E-state index in [9.17, 15) is 79.5 Å². The maximum atomic E-state index is 14.5. The first kappa shape index (κ1) is 81.9. The maximum absolute atomic E-state index is 14.5. The maximum Gasteiger partial charge on any atom is 2.00 e. The minimum atomic E-state index is -4.00. The van der Waals surface area contributed by atoms with Crippen LogP contribution >= 0.6 is 15.9 Å². The number of alkyl halides is 6. The number of methoxy groups -OCH3 is 2. The molecule has 3 aliphatic carbocycles. The van der Waals surface area contributed by atoms with E-state index < -0.39 is 108 Å². The number of benzene rings is 6. The van der Waals surface area contributed by atoms with Crippen LogP contribution in [0.3, 0.4) is 0 Å². The molecule has 3 atom stereocenters. The fourth-order valence-electron chi connectivity index (χ4n) is 10.7. The molecular weight excluding hydrogens is 1530 g/mol. The standard InChI is InChI=1S/C20H21F3N2O3S.C19H17F3N2O4S.C11H11BrF2N2O2S.C8H8BFO4.C4H8O.CH3.BrH.Mg/c1-19(2,26)13-5-6-16(21)15(9-13)12-4-7-17-18(8-12)24(3)29(27,28)25(17)11-14-10-20(14,22)23;1-23-17-8-11(14-7-12(18(25)28-2)3-5-15(14)20)4-6-16(17)24(29(23,26)27)10-13-9-19(13,21)22;1-15-10-4-8(12)2-3-9(10)16(19(15,17)18)6-7-5-11(7,13)14;1-14-8(11)5-2-3-7(10)6(4-5)9(12)13;1-2-4-5-3-1;;;/h4-9,14,26H,10-11H2,1-3H3;3-8,13H,9-10H2,1-2H3;2-4,7H,5-6H2,1H3;2-4,12-13H,1H3;1-4H2;1H3;1H;/q;;;;;-1;;+2/p-1. The van der Waals surface area contributed by atoms with Crippen LogP contribution in [0.2, 0.25) is 0 Å². The van der Waals surface area contributed by atoms with Gasteiger partial charge in [-0.3, -0.25) is 25.8 Å². The smallest absolute Gasteiger partial charge is 1.00 e. The number of anilines is 6. The van der Waals surface area contributed by atoms with Gasteiger partial charge in [-0.05, 0) is 134 Å². The van der Waals surface area contributed by atoms with Gasteiger partial charge in [-0.25, -0.2) is 49.1 Å². The molecule has 36 heteroatoms. The van der Waals surface area contributed by atoms with Gasteiger partial charge >= 0.3 is 72.7 Å². The van der Waals surface area contributed by atoms with Crippen LogP contribution in [0.25, 0.3) is 22.3 Å². The predicted molar refractivity (Wildman–Crippen MR) is 357 cm³/mol. The first-order chi connectivity index (χ1) is 44.7. The Hall–Kier alpha value is -6.09. The second-order valence-electron chi connectivity index (χ2n) is 23.9. The van der Waals surface area contributed by atoms with Gasteiger partial charge in [-0.2, -0.15) is 25.3 Å². The second kappa shape index (κ2) is 30.9. The molecule has 6 aromatic rings. The number of fused-ring (bicyclic) bond motifs is 3. The third-order valence-corrected chi connectivity index (χ3v) is 22.7. The van der Waals surface area contributed by atoms with Gasteiger partial charge in [0.1, 0.15) is 17.5 Å². The Kier molecular flexibility index (Phi) is 25.5. The Morgan fingerprint density at radius 1 is 0.556 bits per heavy atom. The van der Waals surface area contributed by atoms with Crippen LogP contribution in [0.4, 0.5) is 73.6 Å². The summed E-state index contributed by atoms with van der Waals surface area (Å²) in [6.45, 7) is 4.37. The molecule has 7 aliphatic rings. The topological polar surface area (TPSA) is 244 Å². The van der Waals surface area contributed by atoms with Gasteiger partial charge < -0.3 is 53.8 Å². The van der Waals surface area contributed by atoms with Crippen molar-refractivity contribution in [3.8, 4) is 22.3 Å². The molecule has 0 bridgehead atoms. The van der Waals surface area contributed by atoms with Gasteiger partial charge in [-0.15, -0.1) is 0 Å². The van der Waals surface area contributed by atoms with E-state index in [1.165, 1.54) is 115 Å². The Bertz CT molecular complexity index is 4360. The van der Waals surface area contributed by atoms with Crippen molar-refractivity contribution in [2.24, 2.45) is 17.8 Å². The van der Waals surface area contributed by atoms with Crippen molar-refractivity contribution >= 4 is 128 Å². The molecule has 3 N–H and O–H groups in total. The number of nitrogens with zero attached hydrogens (tertiary/aromatic N) is 6. The fourth-order valence-corrected chi connectivity index (χ4v) is 15.4. The molecule has 4 fully saturated rings. The molecule has 4 heterocycles. The van der Waals surface area contributed by atoms with Crippen molar-refractivity contribution in [3.05, 3.63) is 155 Å². The minimum absolute atomic E-state index is 0. The van der Waals surface area contributed by atoms with Crippen LogP contribution in [0, 0.1) is 42.6 Å². The molecule has 0 spiro atoms. The molecule has 6 aromatic carbocycles. The molecule has 0 amide bonds. The summed E-state index contributed by atoms with van der Waals surface area (Å²) in [6.07, 6.45) is 1.64. The number of hydrogen-bond donors (Lipinski definition) is 3. The minimum Gasteiger partial charge on any atom is -1.00 e. The average Bonchev–Trinajstić information content (AvgIpc) is 1.59. The molecule has 99 heavy (non-hydrogen) atoms. The van der Waals surface area contributed by atoms with Crippen molar-refractivity contribution in [1.29, 1.82) is 0 Å². The molecule has 20 nitrogen and oxygen atoms in total. The first-order valence-electron chi connectivity index (χ1n) is 29.4. The summed E-state index contributed by atoms with van der Waals surface area (Å²) in [6, 6.07) is 25.1. The predicted octanol–water partition coefficient (Wildman–Crippen LogP) is 7.08. The quantitative estimate of drug-likeness (QED) is 0.0480. The van der Waals surface area contributed by atoms with Crippen molar-refractivity contribution in [3.63, 3.8) is 0 Å². The van der Waals surface area contributed by atoms with E-state index in [2.05, 4.69) is 25.4 Å². The molecule has 534 valence electrons. The van der Waals surface area contributed by atoms with E-state index in [4.69, 9.17) is 14.8 Å². The van der Waals surface area contributed by atoms with Crippen molar-refractivity contribution in [1.82, 2.24) is 0 Å². The van der Waals surface area contributed by atoms with Gasteiger partial charge in [0.25, 0.3) is 17.8 Å². The molecule has 3 saturated carbocycles. The number of carbonyl (C=O) groups excluding carboxylic acids is 2. The third-order valence-electron chi connectivity index (χ3n) is 16.8. The van der Waals surface area contributed by atoms with Crippen molar-refractivity contribution in [2.45, 2.75) is 69.3 Å². The van der Waals surface area contributed by atoms with Crippen LogP contribution in [-0.4, -0.2) is 168 Å². The molecule has 4 aliphatic heterocycles. The zero-order valence-corrected chi connectivity index (χ0v) is 61.4. The van der Waals surface area contributed by atoms with Gasteiger partial charge in [0.2, 0.25) is 0 Å². The molecule has 0 aromatic heterocycles. The van der Waals surface area contributed by atoms with Crippen LogP contribution in [-0.2, 0) is 50.4 Å². The Morgan fingerprint density at radius 3 is 1.24 bits per heavy atom. The van der Waals surface area contributed by atoms with E-state index in [1.54, 1.807) is 38.1 Å². The average molecular weight is 1600 g/mol. The van der Waals surface area contributed by atoms with E-state index >= 15 is 0 Å². The third kappa shape index (κ3) is 17.5. The Balaban J connectivity index is 0.000000207. The summed E-state index contributed by atoms with van der Waals surface area (Å²) >= 11 is 3.27. The number of ether oxygens (including phenoxy) is 3. The summed E-state index contributed by atoms with van der Waals surface area (Å²) in [5.74, 6) is -14.5. The van der Waals surface area contributed by atoms with Crippen molar-refractivity contribution in [2.75, 3.05) is 94.0 Å². The number of carbonyl (C=O) groups is 2. The van der Waals surface area contributed by atoms with Crippen LogP contribution in [0.1, 0.15) is 72.2 Å². The van der Waals surface area contributed by atoms with E-state index in [0.717, 1.165) is 61.7 Å². The largest absolute Gasteiger partial charge is 2.00 e. The van der Waals surface area contributed by atoms with E-state index in [1.807, 2.05) is 0 Å². The zero-order valence-electron chi connectivity index (χ0n) is 54.4. The number of esters is 2. The van der Waals surface area contributed by atoms with Crippen molar-refractivity contribution < 1.29 is 121 Å². The summed E-state index contributed by atoms with van der Waals surface area (Å²) in [5.41, 5.74) is 2.29. The van der Waals surface area contributed by atoms with Gasteiger partial charge in [0.05, 0.1) is 65.1 Å². The van der Waals surface area contributed by atoms with Crippen LogP contribution in [0.5, 0.6) is 0 Å². The first-order valence-corrected chi connectivity index (χ1v) is 34.4. The Morgan fingerprint density at radius 2 is 0.899 bits per heavy atom.